The third-order valence-corrected chi connectivity index (χ3v) is 2.41. The van der Waals surface area contributed by atoms with Crippen molar-refractivity contribution in [2.75, 3.05) is 20.7 Å². The average molecular weight is 236 g/mol. The highest BCUT2D eigenvalue weighted by Crippen LogP contribution is 2.05. The average Bonchev–Trinajstić information content (AvgIpc) is 2.37. The minimum Gasteiger partial charge on any atom is -0.469 e. The van der Waals surface area contributed by atoms with Crippen molar-refractivity contribution in [2.45, 2.75) is 6.92 Å². The molecule has 0 aliphatic heterocycles. The van der Waals surface area contributed by atoms with Gasteiger partial charge in [0.1, 0.15) is 0 Å². The van der Waals surface area contributed by atoms with Gasteiger partial charge < -0.3 is 9.64 Å². The van der Waals surface area contributed by atoms with Crippen LogP contribution in [0.4, 0.5) is 0 Å². The van der Waals surface area contributed by atoms with Crippen molar-refractivity contribution in [3.05, 3.63) is 30.1 Å². The fraction of sp³-hybridized carbons (Fsp3) is 0.417. The number of amides is 1. The molecule has 1 rings (SSSR count). The molecule has 0 spiro atoms. The van der Waals surface area contributed by atoms with Crippen LogP contribution < -0.4 is 0 Å². The highest BCUT2D eigenvalue weighted by atomic mass is 16.5. The van der Waals surface area contributed by atoms with Gasteiger partial charge in [-0.3, -0.25) is 14.6 Å². The molecule has 0 saturated heterocycles. The van der Waals surface area contributed by atoms with Crippen LogP contribution in [0.5, 0.6) is 0 Å². The van der Waals surface area contributed by atoms with Gasteiger partial charge in [-0.2, -0.15) is 0 Å². The molecule has 5 heteroatoms. The Bertz CT molecular complexity index is 392. The van der Waals surface area contributed by atoms with Gasteiger partial charge in [0.15, 0.2) is 0 Å². The Morgan fingerprint density at radius 3 is 2.76 bits per heavy atom. The molecule has 17 heavy (non-hydrogen) atoms. The number of aromatic nitrogens is 1. The van der Waals surface area contributed by atoms with Crippen LogP contribution in [0.1, 0.15) is 17.3 Å². The summed E-state index contributed by atoms with van der Waals surface area (Å²) in [5.74, 6) is -0.824. The number of rotatable bonds is 4. The normalized spacial score (nSPS) is 11.7. The second kappa shape index (κ2) is 5.98. The highest BCUT2D eigenvalue weighted by Gasteiger charge is 2.19. The molecule has 1 aromatic heterocycles. The fourth-order valence-corrected chi connectivity index (χ4v) is 1.48. The molecule has 1 atom stereocenters. The van der Waals surface area contributed by atoms with Crippen molar-refractivity contribution >= 4 is 11.9 Å². The maximum Gasteiger partial charge on any atom is 0.310 e. The third-order valence-electron chi connectivity index (χ3n) is 2.41. The van der Waals surface area contributed by atoms with Crippen LogP contribution in [0, 0.1) is 5.92 Å². The van der Waals surface area contributed by atoms with E-state index < -0.39 is 0 Å². The molecule has 0 aliphatic carbocycles. The Hall–Kier alpha value is -1.91. The topological polar surface area (TPSA) is 59.5 Å². The maximum atomic E-state index is 11.9. The summed E-state index contributed by atoms with van der Waals surface area (Å²) < 4.78 is 4.61. The van der Waals surface area contributed by atoms with Crippen LogP contribution in [0.2, 0.25) is 0 Å². The molecule has 0 aliphatic rings. The lowest BCUT2D eigenvalue weighted by molar-refractivity contribution is -0.145. The Kier molecular flexibility index (Phi) is 4.63. The van der Waals surface area contributed by atoms with E-state index in [1.54, 1.807) is 32.3 Å². The Morgan fingerprint density at radius 1 is 1.53 bits per heavy atom. The molecule has 0 saturated carbocycles. The quantitative estimate of drug-likeness (QED) is 0.731. The molecule has 1 aromatic rings. The van der Waals surface area contributed by atoms with Crippen molar-refractivity contribution < 1.29 is 14.3 Å². The van der Waals surface area contributed by atoms with Crippen molar-refractivity contribution in [1.82, 2.24) is 9.88 Å². The van der Waals surface area contributed by atoms with Crippen LogP contribution in [0.3, 0.4) is 0 Å². The van der Waals surface area contributed by atoms with E-state index >= 15 is 0 Å². The fourth-order valence-electron chi connectivity index (χ4n) is 1.48. The molecule has 1 amide bonds. The first kappa shape index (κ1) is 13.2. The van der Waals surface area contributed by atoms with E-state index in [1.165, 1.54) is 18.2 Å². The van der Waals surface area contributed by atoms with Gasteiger partial charge in [-0.15, -0.1) is 0 Å². The first-order valence-electron chi connectivity index (χ1n) is 5.29. The van der Waals surface area contributed by atoms with Gasteiger partial charge in [-0.05, 0) is 12.1 Å². The smallest absolute Gasteiger partial charge is 0.310 e. The summed E-state index contributed by atoms with van der Waals surface area (Å²) in [7, 11) is 2.98. The second-order valence-electron chi connectivity index (χ2n) is 3.85. The largest absolute Gasteiger partial charge is 0.469 e. The number of ether oxygens (including phenoxy) is 1. The number of pyridine rings is 1. The third kappa shape index (κ3) is 3.55. The van der Waals surface area contributed by atoms with Crippen LogP contribution in [-0.2, 0) is 9.53 Å². The van der Waals surface area contributed by atoms with Gasteiger partial charge in [0, 0.05) is 26.0 Å². The summed E-state index contributed by atoms with van der Waals surface area (Å²) in [5, 5.41) is 0. The van der Waals surface area contributed by atoms with Crippen LogP contribution in [-0.4, -0.2) is 42.5 Å². The van der Waals surface area contributed by atoms with E-state index in [9.17, 15) is 9.59 Å². The molecule has 5 nitrogen and oxygen atoms in total. The lowest BCUT2D eigenvalue weighted by Crippen LogP contribution is -2.34. The predicted octanol–water partition coefficient (Wildman–Crippen LogP) is 0.963. The molecule has 1 unspecified atom stereocenters. The van der Waals surface area contributed by atoms with Gasteiger partial charge in [0.05, 0.1) is 18.6 Å². The van der Waals surface area contributed by atoms with Gasteiger partial charge >= 0.3 is 5.97 Å². The van der Waals surface area contributed by atoms with Crippen LogP contribution >= 0.6 is 0 Å². The zero-order chi connectivity index (χ0) is 12.8. The minimum absolute atomic E-state index is 0.158. The van der Waals surface area contributed by atoms with Gasteiger partial charge in [-0.1, -0.05) is 6.92 Å². The number of esters is 1. The highest BCUT2D eigenvalue weighted by molar-refractivity contribution is 5.93. The van der Waals surface area contributed by atoms with E-state index in [0.717, 1.165) is 0 Å². The first-order valence-corrected chi connectivity index (χ1v) is 5.29. The molecule has 0 bridgehead atoms. The Balaban J connectivity index is 2.62. The van der Waals surface area contributed by atoms with E-state index in [1.807, 2.05) is 0 Å². The summed E-state index contributed by atoms with van der Waals surface area (Å²) in [4.78, 5) is 28.5. The van der Waals surface area contributed by atoms with Gasteiger partial charge in [0.2, 0.25) is 0 Å². The molecule has 0 radical (unpaired) electrons. The van der Waals surface area contributed by atoms with Gasteiger partial charge in [-0.25, -0.2) is 0 Å². The summed E-state index contributed by atoms with van der Waals surface area (Å²) in [6, 6.07) is 3.39. The number of methoxy groups -OCH3 is 1. The molecule has 0 fully saturated rings. The number of carbonyl (C=O) groups excluding carboxylic acids is 2. The Morgan fingerprint density at radius 2 is 2.24 bits per heavy atom. The number of nitrogens with zero attached hydrogens (tertiary/aromatic N) is 2. The summed E-state index contributed by atoms with van der Waals surface area (Å²) >= 11 is 0. The monoisotopic (exact) mass is 236 g/mol. The molecule has 0 N–H and O–H groups in total. The lowest BCUT2D eigenvalue weighted by Gasteiger charge is -2.20. The number of hydrogen-bond acceptors (Lipinski definition) is 4. The lowest BCUT2D eigenvalue weighted by atomic mass is 10.1. The zero-order valence-corrected chi connectivity index (χ0v) is 10.2. The maximum absolute atomic E-state index is 11.9. The first-order chi connectivity index (χ1) is 8.06. The van der Waals surface area contributed by atoms with Crippen molar-refractivity contribution in [3.63, 3.8) is 0 Å². The van der Waals surface area contributed by atoms with Crippen molar-refractivity contribution in [1.29, 1.82) is 0 Å². The van der Waals surface area contributed by atoms with E-state index in [4.69, 9.17) is 0 Å². The van der Waals surface area contributed by atoms with Crippen molar-refractivity contribution in [3.8, 4) is 0 Å². The van der Waals surface area contributed by atoms with Gasteiger partial charge in [0.25, 0.3) is 5.91 Å². The molecular formula is C12H16N2O3. The number of hydrogen-bond donors (Lipinski definition) is 0. The van der Waals surface area contributed by atoms with Crippen LogP contribution in [0.15, 0.2) is 24.5 Å². The summed E-state index contributed by atoms with van der Waals surface area (Å²) in [6.45, 7) is 2.04. The Labute approximate surface area is 100 Å². The summed E-state index contributed by atoms with van der Waals surface area (Å²) in [6.07, 6.45) is 3.11. The molecule has 1 heterocycles. The zero-order valence-electron chi connectivity index (χ0n) is 10.2. The second-order valence-corrected chi connectivity index (χ2v) is 3.85. The molecular weight excluding hydrogens is 220 g/mol. The van der Waals surface area contributed by atoms with Crippen molar-refractivity contribution in [2.24, 2.45) is 5.92 Å². The minimum atomic E-state index is -0.342. The SMILES string of the molecule is COC(=O)C(C)CN(C)C(=O)c1cccnc1. The van der Waals surface area contributed by atoms with Crippen LogP contribution in [0.25, 0.3) is 0 Å². The molecule has 92 valence electrons. The standard InChI is InChI=1S/C12H16N2O3/c1-9(12(16)17-3)8-14(2)11(15)10-5-4-6-13-7-10/h4-7,9H,8H2,1-3H3. The molecule has 0 aromatic carbocycles. The summed E-state index contributed by atoms with van der Waals surface area (Å²) in [5.41, 5.74) is 0.507. The van der Waals surface area contributed by atoms with E-state index in [2.05, 4.69) is 9.72 Å². The van der Waals surface area contributed by atoms with E-state index in [0.29, 0.717) is 12.1 Å². The predicted molar refractivity (Wildman–Crippen MR) is 62.4 cm³/mol. The number of carbonyl (C=O) groups is 2. The van der Waals surface area contributed by atoms with E-state index in [-0.39, 0.29) is 17.8 Å².